The van der Waals surface area contributed by atoms with E-state index in [9.17, 15) is 9.18 Å². The fraction of sp³-hybridized carbons (Fsp3) is 0.611. The molecule has 1 aromatic rings. The minimum Gasteiger partial charge on any atom is -0.381 e. The molecule has 2 atom stereocenters. The number of amides is 1. The lowest BCUT2D eigenvalue weighted by Crippen LogP contribution is -2.52. The molecule has 1 aliphatic heterocycles. The van der Waals surface area contributed by atoms with E-state index in [-0.39, 0.29) is 30.2 Å². The zero-order chi connectivity index (χ0) is 16.3. The average Bonchev–Trinajstić information content (AvgIpc) is 3.03. The molecule has 1 heterocycles. The smallest absolute Gasteiger partial charge is 0.231 e. The molecule has 2 unspecified atom stereocenters. The Hall–Kier alpha value is -1.17. The molecule has 134 valence electrons. The summed E-state index contributed by atoms with van der Waals surface area (Å²) in [5.41, 5.74) is 6.09. The van der Waals surface area contributed by atoms with Gasteiger partial charge in [0.2, 0.25) is 5.91 Å². The Kier molecular flexibility index (Phi) is 6.61. The van der Waals surface area contributed by atoms with Crippen LogP contribution >= 0.6 is 12.4 Å². The molecule has 4 nitrogen and oxygen atoms in total. The Bertz CT molecular complexity index is 546. The van der Waals surface area contributed by atoms with Gasteiger partial charge < -0.3 is 15.8 Å². The van der Waals surface area contributed by atoms with Gasteiger partial charge in [0, 0.05) is 19.3 Å². The van der Waals surface area contributed by atoms with Crippen LogP contribution in [0.1, 0.15) is 37.7 Å². The van der Waals surface area contributed by atoms with Gasteiger partial charge in [-0.1, -0.05) is 18.6 Å². The van der Waals surface area contributed by atoms with Crippen LogP contribution in [-0.2, 0) is 14.9 Å². The first-order valence-corrected chi connectivity index (χ1v) is 8.50. The first-order chi connectivity index (χ1) is 11.2. The summed E-state index contributed by atoms with van der Waals surface area (Å²) in [7, 11) is 0. The summed E-state index contributed by atoms with van der Waals surface area (Å²) in [6.45, 7) is 1.71. The van der Waals surface area contributed by atoms with Crippen molar-refractivity contribution in [2.75, 3.05) is 19.8 Å². The molecule has 1 saturated heterocycles. The van der Waals surface area contributed by atoms with E-state index in [1.807, 2.05) is 0 Å². The number of ether oxygens (including phenoxy) is 1. The number of carbonyl (C=O) groups is 1. The molecule has 2 fully saturated rings. The number of rotatable bonds is 4. The van der Waals surface area contributed by atoms with Gasteiger partial charge in [0.1, 0.15) is 5.82 Å². The normalized spacial score (nSPS) is 25.8. The van der Waals surface area contributed by atoms with Gasteiger partial charge in [-0.25, -0.2) is 4.39 Å². The van der Waals surface area contributed by atoms with Crippen LogP contribution in [0.25, 0.3) is 0 Å². The Labute approximate surface area is 148 Å². The molecule has 6 heteroatoms. The van der Waals surface area contributed by atoms with Crippen LogP contribution < -0.4 is 11.1 Å². The van der Waals surface area contributed by atoms with Crippen LogP contribution in [-0.4, -0.2) is 31.7 Å². The Morgan fingerprint density at radius 3 is 2.54 bits per heavy atom. The fourth-order valence-electron chi connectivity index (χ4n) is 3.95. The largest absolute Gasteiger partial charge is 0.381 e. The van der Waals surface area contributed by atoms with Crippen molar-refractivity contribution in [1.29, 1.82) is 0 Å². The van der Waals surface area contributed by atoms with E-state index in [1.165, 1.54) is 12.1 Å². The third-order valence-corrected chi connectivity index (χ3v) is 5.46. The Morgan fingerprint density at radius 1 is 1.25 bits per heavy atom. The zero-order valence-corrected chi connectivity index (χ0v) is 14.6. The number of hydrogen-bond donors (Lipinski definition) is 2. The third kappa shape index (κ3) is 3.73. The van der Waals surface area contributed by atoms with E-state index >= 15 is 0 Å². The number of carbonyl (C=O) groups excluding carboxylic acids is 1. The first-order valence-electron chi connectivity index (χ1n) is 8.50. The molecule has 0 bridgehead atoms. The maximum atomic E-state index is 13.3. The van der Waals surface area contributed by atoms with Gasteiger partial charge in [0.15, 0.2) is 0 Å². The van der Waals surface area contributed by atoms with E-state index in [1.54, 1.807) is 12.1 Å². The molecular formula is C18H26ClFN2O2. The molecular weight excluding hydrogens is 331 g/mol. The quantitative estimate of drug-likeness (QED) is 0.871. The molecule has 0 aromatic heterocycles. The lowest BCUT2D eigenvalue weighted by Gasteiger charge is -2.37. The fourth-order valence-corrected chi connectivity index (χ4v) is 3.95. The topological polar surface area (TPSA) is 64.3 Å². The van der Waals surface area contributed by atoms with Crippen molar-refractivity contribution in [3.8, 4) is 0 Å². The summed E-state index contributed by atoms with van der Waals surface area (Å²) in [5, 5.41) is 3.24. The summed E-state index contributed by atoms with van der Waals surface area (Å²) in [4.78, 5) is 13.1. The van der Waals surface area contributed by atoms with Crippen molar-refractivity contribution >= 4 is 18.3 Å². The van der Waals surface area contributed by atoms with Crippen molar-refractivity contribution < 1.29 is 13.9 Å². The summed E-state index contributed by atoms with van der Waals surface area (Å²) >= 11 is 0. The van der Waals surface area contributed by atoms with Crippen LogP contribution in [0.2, 0.25) is 0 Å². The van der Waals surface area contributed by atoms with Gasteiger partial charge in [0.25, 0.3) is 0 Å². The molecule has 1 aliphatic carbocycles. The number of benzene rings is 1. The molecule has 1 amide bonds. The molecule has 1 saturated carbocycles. The number of hydrogen-bond acceptors (Lipinski definition) is 3. The lowest BCUT2D eigenvalue weighted by molar-refractivity contribution is -0.131. The maximum Gasteiger partial charge on any atom is 0.231 e. The SMILES string of the molecule is Cl.NCC1CCCC1NC(=O)C1(c2ccc(F)cc2)CCOCC1. The number of nitrogens with two attached hydrogens (primary N) is 1. The second kappa shape index (κ2) is 8.28. The van der Waals surface area contributed by atoms with Crippen molar-refractivity contribution in [3.05, 3.63) is 35.6 Å². The highest BCUT2D eigenvalue weighted by atomic mass is 35.5. The Morgan fingerprint density at radius 2 is 1.92 bits per heavy atom. The van der Waals surface area contributed by atoms with E-state index in [0.29, 0.717) is 38.5 Å². The lowest BCUT2D eigenvalue weighted by atomic mass is 9.73. The average molecular weight is 357 g/mol. The summed E-state index contributed by atoms with van der Waals surface area (Å²) < 4.78 is 18.7. The number of halogens is 2. The summed E-state index contributed by atoms with van der Waals surface area (Å²) in [5.74, 6) is 0.122. The monoisotopic (exact) mass is 356 g/mol. The predicted molar refractivity (Wildman–Crippen MR) is 93.7 cm³/mol. The number of nitrogens with one attached hydrogen (secondary N) is 1. The summed E-state index contributed by atoms with van der Waals surface area (Å²) in [6, 6.07) is 6.48. The zero-order valence-electron chi connectivity index (χ0n) is 13.8. The van der Waals surface area contributed by atoms with Crippen LogP contribution in [0, 0.1) is 11.7 Å². The molecule has 3 rings (SSSR count). The van der Waals surface area contributed by atoms with Crippen LogP contribution in [0.4, 0.5) is 4.39 Å². The molecule has 3 N–H and O–H groups in total. The first kappa shape index (κ1) is 19.2. The van der Waals surface area contributed by atoms with E-state index < -0.39 is 5.41 Å². The van der Waals surface area contributed by atoms with Crippen LogP contribution in [0.5, 0.6) is 0 Å². The van der Waals surface area contributed by atoms with Gasteiger partial charge in [-0.15, -0.1) is 12.4 Å². The highest BCUT2D eigenvalue weighted by molar-refractivity contribution is 5.88. The van der Waals surface area contributed by atoms with E-state index in [4.69, 9.17) is 10.5 Å². The second-order valence-corrected chi connectivity index (χ2v) is 6.71. The van der Waals surface area contributed by atoms with Crippen molar-refractivity contribution in [1.82, 2.24) is 5.32 Å². The predicted octanol–water partition coefficient (Wildman–Crippen LogP) is 2.54. The highest BCUT2D eigenvalue weighted by Crippen LogP contribution is 2.36. The minimum atomic E-state index is -0.617. The molecule has 0 radical (unpaired) electrons. The van der Waals surface area contributed by atoms with Gasteiger partial charge in [-0.05, 0) is 55.8 Å². The standard InChI is InChI=1S/C18H25FN2O2.ClH/c19-15-6-4-14(5-7-15)18(8-10-23-11-9-18)17(22)21-16-3-1-2-13(16)12-20;/h4-7,13,16H,1-3,8-12,20H2,(H,21,22);1H. The molecule has 2 aliphatic rings. The molecule has 1 aromatic carbocycles. The third-order valence-electron chi connectivity index (χ3n) is 5.46. The maximum absolute atomic E-state index is 13.3. The molecule has 24 heavy (non-hydrogen) atoms. The van der Waals surface area contributed by atoms with E-state index in [0.717, 1.165) is 24.8 Å². The highest BCUT2D eigenvalue weighted by Gasteiger charge is 2.43. The van der Waals surface area contributed by atoms with Crippen molar-refractivity contribution in [2.45, 2.75) is 43.6 Å². The van der Waals surface area contributed by atoms with Gasteiger partial charge in [0.05, 0.1) is 5.41 Å². The summed E-state index contributed by atoms with van der Waals surface area (Å²) in [6.07, 6.45) is 4.44. The van der Waals surface area contributed by atoms with Gasteiger partial charge in [-0.2, -0.15) is 0 Å². The van der Waals surface area contributed by atoms with E-state index in [2.05, 4.69) is 5.32 Å². The van der Waals surface area contributed by atoms with Crippen molar-refractivity contribution in [2.24, 2.45) is 11.7 Å². The van der Waals surface area contributed by atoms with Gasteiger partial charge >= 0.3 is 0 Å². The van der Waals surface area contributed by atoms with Crippen LogP contribution in [0.15, 0.2) is 24.3 Å². The van der Waals surface area contributed by atoms with Crippen molar-refractivity contribution in [3.63, 3.8) is 0 Å². The molecule has 0 spiro atoms. The van der Waals surface area contributed by atoms with Crippen LogP contribution in [0.3, 0.4) is 0 Å². The van der Waals surface area contributed by atoms with Gasteiger partial charge in [-0.3, -0.25) is 4.79 Å². The Balaban J connectivity index is 0.00000208. The second-order valence-electron chi connectivity index (χ2n) is 6.71. The minimum absolute atomic E-state index is 0.